The normalized spacial score (nSPS) is 10.7. The second kappa shape index (κ2) is 5.51. The lowest BCUT2D eigenvalue weighted by molar-refractivity contribution is 0.179. The number of methoxy groups -OCH3 is 1. The number of rotatable bonds is 5. The van der Waals surface area contributed by atoms with Crippen LogP contribution < -0.4 is 0 Å². The summed E-state index contributed by atoms with van der Waals surface area (Å²) in [5.74, 6) is 0. The zero-order valence-electron chi connectivity index (χ0n) is 9.58. The van der Waals surface area contributed by atoms with Crippen LogP contribution >= 0.6 is 0 Å². The first kappa shape index (κ1) is 11.7. The van der Waals surface area contributed by atoms with Crippen LogP contribution in [0.15, 0.2) is 24.7 Å². The minimum absolute atomic E-state index is 0.0586. The van der Waals surface area contributed by atoms with Gasteiger partial charge in [0.05, 0.1) is 31.6 Å². The molecule has 6 nitrogen and oxygen atoms in total. The number of aliphatic hydroxyl groups is 1. The monoisotopic (exact) mass is 234 g/mol. The van der Waals surface area contributed by atoms with Crippen LogP contribution in [0.25, 0.3) is 11.4 Å². The SMILES string of the molecule is COCCn1nc(-c2cnccn2)cc1CO. The van der Waals surface area contributed by atoms with Crippen molar-refractivity contribution in [1.29, 1.82) is 0 Å². The molecule has 0 radical (unpaired) electrons. The van der Waals surface area contributed by atoms with Crippen molar-refractivity contribution in [3.63, 3.8) is 0 Å². The van der Waals surface area contributed by atoms with E-state index in [0.29, 0.717) is 24.5 Å². The van der Waals surface area contributed by atoms with Crippen molar-refractivity contribution in [3.05, 3.63) is 30.4 Å². The van der Waals surface area contributed by atoms with E-state index in [-0.39, 0.29) is 6.61 Å². The van der Waals surface area contributed by atoms with Gasteiger partial charge in [0.1, 0.15) is 11.4 Å². The molecule has 0 aromatic carbocycles. The third-order valence-corrected chi connectivity index (χ3v) is 2.36. The molecule has 90 valence electrons. The van der Waals surface area contributed by atoms with Crippen LogP contribution in [0.1, 0.15) is 5.69 Å². The number of aromatic nitrogens is 4. The Morgan fingerprint density at radius 1 is 1.35 bits per heavy atom. The molecule has 0 aliphatic heterocycles. The molecule has 0 aliphatic rings. The Morgan fingerprint density at radius 2 is 2.24 bits per heavy atom. The lowest BCUT2D eigenvalue weighted by Gasteiger charge is -2.03. The van der Waals surface area contributed by atoms with Crippen molar-refractivity contribution in [3.8, 4) is 11.4 Å². The van der Waals surface area contributed by atoms with Crippen LogP contribution in [0.5, 0.6) is 0 Å². The van der Waals surface area contributed by atoms with Gasteiger partial charge in [-0.2, -0.15) is 5.10 Å². The van der Waals surface area contributed by atoms with Gasteiger partial charge in [-0.15, -0.1) is 0 Å². The summed E-state index contributed by atoms with van der Waals surface area (Å²) in [5.41, 5.74) is 2.14. The number of ether oxygens (including phenoxy) is 1. The van der Waals surface area contributed by atoms with Gasteiger partial charge in [-0.25, -0.2) is 0 Å². The fourth-order valence-electron chi connectivity index (χ4n) is 1.51. The van der Waals surface area contributed by atoms with Crippen molar-refractivity contribution in [1.82, 2.24) is 19.7 Å². The first-order valence-corrected chi connectivity index (χ1v) is 5.28. The van der Waals surface area contributed by atoms with Gasteiger partial charge in [0, 0.05) is 19.5 Å². The molecule has 17 heavy (non-hydrogen) atoms. The van der Waals surface area contributed by atoms with Gasteiger partial charge < -0.3 is 9.84 Å². The molecule has 2 aromatic rings. The Balaban J connectivity index is 2.28. The Bertz CT molecular complexity index is 470. The van der Waals surface area contributed by atoms with Crippen LogP contribution in [0.4, 0.5) is 0 Å². The van der Waals surface area contributed by atoms with Gasteiger partial charge in [-0.3, -0.25) is 14.6 Å². The highest BCUT2D eigenvalue weighted by Crippen LogP contribution is 2.15. The average molecular weight is 234 g/mol. The molecule has 2 aromatic heterocycles. The van der Waals surface area contributed by atoms with E-state index < -0.39 is 0 Å². The first-order chi connectivity index (χ1) is 8.35. The molecule has 0 aliphatic carbocycles. The third kappa shape index (κ3) is 2.66. The summed E-state index contributed by atoms with van der Waals surface area (Å²) >= 11 is 0. The van der Waals surface area contributed by atoms with E-state index in [1.165, 1.54) is 0 Å². The van der Waals surface area contributed by atoms with Gasteiger partial charge in [0.2, 0.25) is 0 Å². The maximum Gasteiger partial charge on any atom is 0.113 e. The van der Waals surface area contributed by atoms with E-state index in [4.69, 9.17) is 4.74 Å². The Kier molecular flexibility index (Phi) is 3.79. The molecule has 6 heteroatoms. The molecule has 2 rings (SSSR count). The van der Waals surface area contributed by atoms with Crippen LogP contribution in [-0.2, 0) is 17.9 Å². The summed E-state index contributed by atoms with van der Waals surface area (Å²) in [6.07, 6.45) is 4.87. The largest absolute Gasteiger partial charge is 0.390 e. The molecular formula is C11H14N4O2. The standard InChI is InChI=1S/C11H14N4O2/c1-17-5-4-15-9(8-16)6-10(14-15)11-7-12-2-3-13-11/h2-3,6-7,16H,4-5,8H2,1H3. The maximum absolute atomic E-state index is 9.24. The maximum atomic E-state index is 9.24. The summed E-state index contributed by atoms with van der Waals surface area (Å²) in [7, 11) is 1.63. The predicted molar refractivity (Wildman–Crippen MR) is 61.1 cm³/mol. The second-order valence-corrected chi connectivity index (χ2v) is 3.49. The van der Waals surface area contributed by atoms with Gasteiger partial charge >= 0.3 is 0 Å². The average Bonchev–Trinajstić information content (AvgIpc) is 2.80. The van der Waals surface area contributed by atoms with Gasteiger partial charge in [-0.1, -0.05) is 0 Å². The van der Waals surface area contributed by atoms with Crippen molar-refractivity contribution >= 4 is 0 Å². The van der Waals surface area contributed by atoms with Gasteiger partial charge in [-0.05, 0) is 6.07 Å². The highest BCUT2D eigenvalue weighted by Gasteiger charge is 2.09. The molecular weight excluding hydrogens is 220 g/mol. The predicted octanol–water partition coefficient (Wildman–Crippen LogP) is 0.479. The molecule has 0 amide bonds. The van der Waals surface area contributed by atoms with E-state index in [2.05, 4.69) is 15.1 Å². The smallest absolute Gasteiger partial charge is 0.113 e. The van der Waals surface area contributed by atoms with Crippen molar-refractivity contribution < 1.29 is 9.84 Å². The molecule has 0 unspecified atom stereocenters. The van der Waals surface area contributed by atoms with Crippen molar-refractivity contribution in [2.75, 3.05) is 13.7 Å². The van der Waals surface area contributed by atoms with Crippen LogP contribution in [0.3, 0.4) is 0 Å². The number of nitrogens with zero attached hydrogens (tertiary/aromatic N) is 4. The van der Waals surface area contributed by atoms with E-state index >= 15 is 0 Å². The molecule has 0 saturated carbocycles. The fraction of sp³-hybridized carbons (Fsp3) is 0.364. The molecule has 0 spiro atoms. The third-order valence-electron chi connectivity index (χ3n) is 2.36. The summed E-state index contributed by atoms with van der Waals surface area (Å²) in [5, 5.41) is 13.6. The second-order valence-electron chi connectivity index (χ2n) is 3.49. The van der Waals surface area contributed by atoms with E-state index in [1.807, 2.05) is 0 Å². The Hall–Kier alpha value is -1.79. The molecule has 0 atom stereocenters. The zero-order valence-corrected chi connectivity index (χ0v) is 9.58. The summed E-state index contributed by atoms with van der Waals surface area (Å²) in [6, 6.07) is 1.81. The van der Waals surface area contributed by atoms with Gasteiger partial charge in [0.15, 0.2) is 0 Å². The highest BCUT2D eigenvalue weighted by molar-refractivity contribution is 5.52. The van der Waals surface area contributed by atoms with Gasteiger partial charge in [0.25, 0.3) is 0 Å². The molecule has 0 fully saturated rings. The molecule has 2 heterocycles. The van der Waals surface area contributed by atoms with Crippen LogP contribution in [0, 0.1) is 0 Å². The van der Waals surface area contributed by atoms with E-state index in [0.717, 1.165) is 5.69 Å². The number of aliphatic hydroxyl groups excluding tert-OH is 1. The topological polar surface area (TPSA) is 73.1 Å². The quantitative estimate of drug-likeness (QED) is 0.814. The van der Waals surface area contributed by atoms with Crippen LogP contribution in [0.2, 0.25) is 0 Å². The summed E-state index contributed by atoms with van der Waals surface area (Å²) < 4.78 is 6.71. The highest BCUT2D eigenvalue weighted by atomic mass is 16.5. The summed E-state index contributed by atoms with van der Waals surface area (Å²) in [6.45, 7) is 1.10. The Morgan fingerprint density at radius 3 is 2.88 bits per heavy atom. The fourth-order valence-corrected chi connectivity index (χ4v) is 1.51. The lowest BCUT2D eigenvalue weighted by atomic mass is 10.3. The Labute approximate surface area is 98.9 Å². The summed E-state index contributed by atoms with van der Waals surface area (Å²) in [4.78, 5) is 8.16. The lowest BCUT2D eigenvalue weighted by Crippen LogP contribution is -2.09. The molecule has 0 bridgehead atoms. The van der Waals surface area contributed by atoms with E-state index in [1.54, 1.807) is 36.4 Å². The number of hydrogen-bond acceptors (Lipinski definition) is 5. The van der Waals surface area contributed by atoms with Crippen LogP contribution in [-0.4, -0.2) is 38.6 Å². The number of hydrogen-bond donors (Lipinski definition) is 1. The minimum Gasteiger partial charge on any atom is -0.390 e. The molecule has 0 saturated heterocycles. The van der Waals surface area contributed by atoms with Crippen molar-refractivity contribution in [2.24, 2.45) is 0 Å². The first-order valence-electron chi connectivity index (χ1n) is 5.28. The van der Waals surface area contributed by atoms with E-state index in [9.17, 15) is 5.11 Å². The van der Waals surface area contributed by atoms with Crippen molar-refractivity contribution in [2.45, 2.75) is 13.2 Å². The zero-order chi connectivity index (χ0) is 12.1. The minimum atomic E-state index is -0.0586. The molecule has 1 N–H and O–H groups in total.